The van der Waals surface area contributed by atoms with E-state index in [4.69, 9.17) is 9.47 Å². The number of nitrogens with one attached hydrogen (secondary N) is 2. The molecule has 9 heteroatoms. The minimum absolute atomic E-state index is 0.132. The molecule has 0 heterocycles. The van der Waals surface area contributed by atoms with Gasteiger partial charge < -0.3 is 20.1 Å². The van der Waals surface area contributed by atoms with Crippen molar-refractivity contribution in [3.8, 4) is 11.5 Å². The summed E-state index contributed by atoms with van der Waals surface area (Å²) in [4.78, 5) is 34.0. The van der Waals surface area contributed by atoms with Crippen molar-refractivity contribution in [2.24, 2.45) is 0 Å². The lowest BCUT2D eigenvalue weighted by Gasteiger charge is -2.12. The second-order valence-corrected chi connectivity index (χ2v) is 5.72. The number of nitro groups is 1. The van der Waals surface area contributed by atoms with Crippen molar-refractivity contribution in [1.29, 1.82) is 0 Å². The highest BCUT2D eigenvalue weighted by molar-refractivity contribution is 5.94. The second kappa shape index (κ2) is 9.91. The number of nitro benzene ring substituents is 1. The molecule has 0 aliphatic carbocycles. The summed E-state index contributed by atoms with van der Waals surface area (Å²) in [5.41, 5.74) is 0.784. The Morgan fingerprint density at radius 3 is 2.57 bits per heavy atom. The summed E-state index contributed by atoms with van der Waals surface area (Å²) in [6.45, 7) is 2.39. The van der Waals surface area contributed by atoms with E-state index in [2.05, 4.69) is 10.6 Å². The smallest absolute Gasteiger partial charge is 0.270 e. The number of rotatable bonds is 9. The molecule has 28 heavy (non-hydrogen) atoms. The third-order valence-electron chi connectivity index (χ3n) is 3.73. The Morgan fingerprint density at radius 2 is 1.89 bits per heavy atom. The molecule has 0 spiro atoms. The van der Waals surface area contributed by atoms with E-state index >= 15 is 0 Å². The summed E-state index contributed by atoms with van der Waals surface area (Å²) in [7, 11) is 1.47. The van der Waals surface area contributed by atoms with Crippen LogP contribution in [0.2, 0.25) is 0 Å². The molecule has 0 aliphatic rings. The van der Waals surface area contributed by atoms with Crippen LogP contribution in [0.4, 0.5) is 5.69 Å². The van der Waals surface area contributed by atoms with Gasteiger partial charge in [-0.3, -0.25) is 19.7 Å². The third kappa shape index (κ3) is 5.70. The minimum Gasteiger partial charge on any atom is -0.493 e. The molecule has 0 aliphatic heterocycles. The summed E-state index contributed by atoms with van der Waals surface area (Å²) >= 11 is 0. The molecular weight excluding hydrogens is 366 g/mol. The van der Waals surface area contributed by atoms with E-state index in [0.29, 0.717) is 18.0 Å². The molecule has 0 saturated carbocycles. The Kier molecular flexibility index (Phi) is 7.32. The quantitative estimate of drug-likeness (QED) is 0.502. The molecule has 9 nitrogen and oxygen atoms in total. The molecule has 0 aromatic heterocycles. The van der Waals surface area contributed by atoms with Crippen molar-refractivity contribution in [1.82, 2.24) is 10.6 Å². The average Bonchev–Trinajstić information content (AvgIpc) is 2.70. The number of methoxy groups -OCH3 is 1. The van der Waals surface area contributed by atoms with Gasteiger partial charge in [0, 0.05) is 30.8 Å². The number of benzene rings is 2. The van der Waals surface area contributed by atoms with Crippen molar-refractivity contribution in [2.75, 3.05) is 20.3 Å². The molecule has 2 aromatic rings. The molecule has 0 unspecified atom stereocenters. The van der Waals surface area contributed by atoms with Crippen LogP contribution in [0, 0.1) is 10.1 Å². The molecule has 2 aromatic carbocycles. The molecule has 0 fully saturated rings. The van der Waals surface area contributed by atoms with Crippen molar-refractivity contribution in [2.45, 2.75) is 13.5 Å². The third-order valence-corrected chi connectivity index (χ3v) is 3.73. The first-order valence-corrected chi connectivity index (χ1v) is 8.53. The zero-order valence-electron chi connectivity index (χ0n) is 15.6. The van der Waals surface area contributed by atoms with Crippen LogP contribution in [0.1, 0.15) is 22.8 Å². The maximum atomic E-state index is 12.2. The fraction of sp³-hybridized carbons (Fsp3) is 0.263. The van der Waals surface area contributed by atoms with Gasteiger partial charge in [-0.25, -0.2) is 0 Å². The monoisotopic (exact) mass is 387 g/mol. The van der Waals surface area contributed by atoms with Crippen molar-refractivity contribution in [3.05, 3.63) is 63.7 Å². The molecule has 2 N–H and O–H groups in total. The van der Waals surface area contributed by atoms with Gasteiger partial charge in [0.15, 0.2) is 18.1 Å². The average molecular weight is 387 g/mol. The van der Waals surface area contributed by atoms with E-state index in [0.717, 1.165) is 5.56 Å². The van der Waals surface area contributed by atoms with Crippen molar-refractivity contribution >= 4 is 17.5 Å². The van der Waals surface area contributed by atoms with Gasteiger partial charge in [0.1, 0.15) is 0 Å². The lowest BCUT2D eigenvalue weighted by Crippen LogP contribution is -2.28. The van der Waals surface area contributed by atoms with E-state index in [9.17, 15) is 19.7 Å². The summed E-state index contributed by atoms with van der Waals surface area (Å²) in [5.74, 6) is 0.158. The highest BCUT2D eigenvalue weighted by Gasteiger charge is 2.12. The maximum absolute atomic E-state index is 12.2. The van der Waals surface area contributed by atoms with Crippen LogP contribution in [0.25, 0.3) is 0 Å². The molecule has 148 valence electrons. The standard InChI is InChI=1S/C19H21N3O6/c1-3-20-18(23)12-28-16-8-7-13(9-17(16)27-2)11-21-19(24)14-5-4-6-15(10-14)22(25)26/h4-10H,3,11-12H2,1-2H3,(H,20,23)(H,21,24). The summed E-state index contributed by atoms with van der Waals surface area (Å²) in [6, 6.07) is 10.5. The van der Waals surface area contributed by atoms with Crippen LogP contribution in [0.15, 0.2) is 42.5 Å². The van der Waals surface area contributed by atoms with Gasteiger partial charge in [-0.05, 0) is 30.7 Å². The number of carbonyl (C=O) groups excluding carboxylic acids is 2. The molecule has 0 radical (unpaired) electrons. The van der Waals surface area contributed by atoms with Gasteiger partial charge >= 0.3 is 0 Å². The van der Waals surface area contributed by atoms with Crippen LogP contribution in [-0.4, -0.2) is 37.0 Å². The molecule has 0 bridgehead atoms. The van der Waals surface area contributed by atoms with Crippen molar-refractivity contribution in [3.63, 3.8) is 0 Å². The molecule has 0 atom stereocenters. The highest BCUT2D eigenvalue weighted by atomic mass is 16.6. The number of non-ortho nitro benzene ring substituents is 1. The zero-order valence-corrected chi connectivity index (χ0v) is 15.6. The normalized spacial score (nSPS) is 10.1. The van der Waals surface area contributed by atoms with Crippen LogP contribution in [0.3, 0.4) is 0 Å². The Hall–Kier alpha value is -3.62. The van der Waals surface area contributed by atoms with Crippen LogP contribution < -0.4 is 20.1 Å². The number of likely N-dealkylation sites (N-methyl/N-ethyl adjacent to an activating group) is 1. The highest BCUT2D eigenvalue weighted by Crippen LogP contribution is 2.28. The Labute approximate surface area is 161 Å². The van der Waals surface area contributed by atoms with E-state index in [1.807, 2.05) is 6.92 Å². The Balaban J connectivity index is 2.00. The van der Waals surface area contributed by atoms with Gasteiger partial charge in [0.2, 0.25) is 0 Å². The molecular formula is C19H21N3O6. The largest absolute Gasteiger partial charge is 0.493 e. The van der Waals surface area contributed by atoms with E-state index in [-0.39, 0.29) is 30.3 Å². The topological polar surface area (TPSA) is 120 Å². The van der Waals surface area contributed by atoms with Gasteiger partial charge in [0.25, 0.3) is 17.5 Å². The first kappa shape index (κ1) is 20.7. The van der Waals surface area contributed by atoms with Crippen molar-refractivity contribution < 1.29 is 24.0 Å². The summed E-state index contributed by atoms with van der Waals surface area (Å²) in [6.07, 6.45) is 0. The number of hydrogen-bond acceptors (Lipinski definition) is 6. The first-order chi connectivity index (χ1) is 13.4. The van der Waals surface area contributed by atoms with E-state index < -0.39 is 10.8 Å². The fourth-order valence-corrected chi connectivity index (χ4v) is 2.38. The predicted molar refractivity (Wildman–Crippen MR) is 101 cm³/mol. The first-order valence-electron chi connectivity index (χ1n) is 8.53. The SMILES string of the molecule is CCNC(=O)COc1ccc(CNC(=O)c2cccc([N+](=O)[O-])c2)cc1OC. The Bertz CT molecular complexity index is 868. The molecule has 2 rings (SSSR count). The number of carbonyl (C=O) groups is 2. The van der Waals surface area contributed by atoms with Crippen LogP contribution >= 0.6 is 0 Å². The van der Waals surface area contributed by atoms with E-state index in [1.165, 1.54) is 31.4 Å². The number of ether oxygens (including phenoxy) is 2. The maximum Gasteiger partial charge on any atom is 0.270 e. The number of hydrogen-bond donors (Lipinski definition) is 2. The molecule has 0 saturated heterocycles. The second-order valence-electron chi connectivity index (χ2n) is 5.72. The van der Waals surface area contributed by atoms with Gasteiger partial charge in [-0.2, -0.15) is 0 Å². The number of amides is 2. The van der Waals surface area contributed by atoms with Crippen LogP contribution in [-0.2, 0) is 11.3 Å². The summed E-state index contributed by atoms with van der Waals surface area (Å²) in [5, 5.41) is 16.1. The lowest BCUT2D eigenvalue weighted by molar-refractivity contribution is -0.384. The van der Waals surface area contributed by atoms with Gasteiger partial charge in [0.05, 0.1) is 12.0 Å². The lowest BCUT2D eigenvalue weighted by atomic mass is 10.1. The predicted octanol–water partition coefficient (Wildman–Crippen LogP) is 2.05. The summed E-state index contributed by atoms with van der Waals surface area (Å²) < 4.78 is 10.7. The van der Waals surface area contributed by atoms with Gasteiger partial charge in [-0.15, -0.1) is 0 Å². The van der Waals surface area contributed by atoms with Crippen LogP contribution in [0.5, 0.6) is 11.5 Å². The minimum atomic E-state index is -0.554. The fourth-order valence-electron chi connectivity index (χ4n) is 2.38. The number of nitrogens with zero attached hydrogens (tertiary/aromatic N) is 1. The van der Waals surface area contributed by atoms with E-state index in [1.54, 1.807) is 18.2 Å². The Morgan fingerprint density at radius 1 is 1.11 bits per heavy atom. The molecule has 2 amide bonds. The zero-order chi connectivity index (χ0) is 20.5. The van der Waals surface area contributed by atoms with Gasteiger partial charge in [-0.1, -0.05) is 12.1 Å².